The van der Waals surface area contributed by atoms with Gasteiger partial charge in [-0.15, -0.1) is 0 Å². The van der Waals surface area contributed by atoms with Gasteiger partial charge in [0.05, 0.1) is 5.56 Å². The summed E-state index contributed by atoms with van der Waals surface area (Å²) in [5.41, 5.74) is -1.36. The van der Waals surface area contributed by atoms with E-state index in [1.165, 1.54) is 6.07 Å². The average Bonchev–Trinajstić information content (AvgIpc) is 2.16. The zero-order valence-electron chi connectivity index (χ0n) is 6.65. The highest BCUT2D eigenvalue weighted by Crippen LogP contribution is 2.29. The van der Waals surface area contributed by atoms with Gasteiger partial charge in [-0.05, 0) is 9.91 Å². The number of hydrogen-bond donors (Lipinski definition) is 0. The van der Waals surface area contributed by atoms with Gasteiger partial charge in [0.2, 0.25) is 0 Å². The van der Waals surface area contributed by atoms with Crippen molar-refractivity contribution in [3.63, 3.8) is 0 Å². The first-order chi connectivity index (χ1) is 6.57. The summed E-state index contributed by atoms with van der Waals surface area (Å²) in [5, 5.41) is 18.7. The summed E-state index contributed by atoms with van der Waals surface area (Å²) in [6.45, 7) is 0. The van der Waals surface area contributed by atoms with Gasteiger partial charge in [-0.3, -0.25) is 0 Å². The van der Waals surface area contributed by atoms with Crippen LogP contribution in [0.25, 0.3) is 0 Å². The minimum atomic E-state index is -3.08. The molecule has 0 fully saturated rings. The molecule has 1 aromatic heterocycles. The number of nitrogens with zero attached hydrogens (tertiary/aromatic N) is 3. The van der Waals surface area contributed by atoms with E-state index in [9.17, 15) is 18.9 Å². The molecule has 0 radical (unpaired) electrons. The van der Waals surface area contributed by atoms with Gasteiger partial charge < -0.3 is 10.1 Å². The number of pyridine rings is 1. The molecule has 0 atom stereocenters. The van der Waals surface area contributed by atoms with Crippen LogP contribution in [-0.4, -0.2) is 9.91 Å². The van der Waals surface area contributed by atoms with Gasteiger partial charge in [0.25, 0.3) is 6.43 Å². The fourth-order valence-electron chi connectivity index (χ4n) is 0.920. The van der Waals surface area contributed by atoms with Crippen molar-refractivity contribution in [2.24, 2.45) is 0 Å². The van der Waals surface area contributed by atoms with Gasteiger partial charge in [0, 0.05) is 6.07 Å². The summed E-state index contributed by atoms with van der Waals surface area (Å²) >= 11 is 0. The molecule has 0 aliphatic heterocycles. The second kappa shape index (κ2) is 3.74. The van der Waals surface area contributed by atoms with Crippen molar-refractivity contribution >= 4 is 5.82 Å². The maximum atomic E-state index is 12.3. The number of alkyl halides is 2. The van der Waals surface area contributed by atoms with Gasteiger partial charge in [0.1, 0.15) is 17.8 Å². The Morgan fingerprint density at radius 3 is 2.71 bits per heavy atom. The molecule has 5 nitrogen and oxygen atoms in total. The van der Waals surface area contributed by atoms with E-state index in [1.54, 1.807) is 0 Å². The van der Waals surface area contributed by atoms with E-state index < -0.39 is 28.3 Å². The van der Waals surface area contributed by atoms with Crippen LogP contribution in [-0.2, 0) is 0 Å². The molecule has 1 rings (SSSR count). The fourth-order valence-corrected chi connectivity index (χ4v) is 0.920. The number of halogens is 2. The third-order valence-corrected chi connectivity index (χ3v) is 1.48. The van der Waals surface area contributed by atoms with Crippen LogP contribution < -0.4 is 0 Å². The van der Waals surface area contributed by atoms with Crippen LogP contribution in [0.5, 0.6) is 0 Å². The third-order valence-electron chi connectivity index (χ3n) is 1.48. The maximum Gasteiger partial charge on any atom is 0.373 e. The standard InChI is InChI=1S/C7H3F2N3O2/c8-6(9)5-4(3-10)1-2-11-7(5)12(13)14/h1-2,6H. The third kappa shape index (κ3) is 1.64. The van der Waals surface area contributed by atoms with Crippen molar-refractivity contribution < 1.29 is 13.7 Å². The zero-order valence-corrected chi connectivity index (χ0v) is 6.65. The van der Waals surface area contributed by atoms with Crippen LogP contribution in [0.1, 0.15) is 17.6 Å². The summed E-state index contributed by atoms with van der Waals surface area (Å²) < 4.78 is 24.7. The van der Waals surface area contributed by atoms with Gasteiger partial charge in [-0.2, -0.15) is 5.26 Å². The molecule has 0 saturated heterocycles. The minimum absolute atomic E-state index is 0.429. The van der Waals surface area contributed by atoms with Gasteiger partial charge in [-0.1, -0.05) is 0 Å². The highest BCUT2D eigenvalue weighted by atomic mass is 19.3. The number of hydrogen-bond acceptors (Lipinski definition) is 4. The van der Waals surface area contributed by atoms with Gasteiger partial charge in [0.15, 0.2) is 0 Å². The molecule has 7 heteroatoms. The average molecular weight is 199 g/mol. The largest absolute Gasteiger partial charge is 0.373 e. The quantitative estimate of drug-likeness (QED) is 0.537. The highest BCUT2D eigenvalue weighted by Gasteiger charge is 2.26. The van der Waals surface area contributed by atoms with Crippen molar-refractivity contribution in [2.75, 3.05) is 0 Å². The van der Waals surface area contributed by atoms with E-state index in [0.717, 1.165) is 12.3 Å². The molecule has 1 heterocycles. The lowest BCUT2D eigenvalue weighted by Crippen LogP contribution is -2.01. The molecular formula is C7H3F2N3O2. The molecule has 1 aromatic rings. The van der Waals surface area contributed by atoms with E-state index in [4.69, 9.17) is 5.26 Å². The van der Waals surface area contributed by atoms with Crippen molar-refractivity contribution in [2.45, 2.75) is 6.43 Å². The molecule has 72 valence electrons. The lowest BCUT2D eigenvalue weighted by atomic mass is 10.1. The monoisotopic (exact) mass is 199 g/mol. The van der Waals surface area contributed by atoms with Crippen molar-refractivity contribution in [3.05, 3.63) is 33.5 Å². The first kappa shape index (κ1) is 9.98. The van der Waals surface area contributed by atoms with Crippen LogP contribution in [0.15, 0.2) is 12.3 Å². The molecule has 0 unspecified atom stereocenters. The maximum absolute atomic E-state index is 12.3. The Hall–Kier alpha value is -2.10. The lowest BCUT2D eigenvalue weighted by Gasteiger charge is -2.01. The van der Waals surface area contributed by atoms with E-state index in [1.807, 2.05) is 0 Å². The van der Waals surface area contributed by atoms with Crippen LogP contribution in [0.3, 0.4) is 0 Å². The van der Waals surface area contributed by atoms with Gasteiger partial charge >= 0.3 is 5.82 Å². The molecule has 0 aliphatic carbocycles. The predicted molar refractivity (Wildman–Crippen MR) is 40.6 cm³/mol. The smallest absolute Gasteiger partial charge is 0.358 e. The second-order valence-electron chi connectivity index (χ2n) is 2.27. The number of nitro groups is 1. The molecule has 0 spiro atoms. The normalized spacial score (nSPS) is 9.86. The molecule has 0 aromatic carbocycles. The van der Waals surface area contributed by atoms with Gasteiger partial charge in [-0.25, -0.2) is 8.78 Å². The Labute approximate surface area is 76.8 Å². The number of rotatable bonds is 2. The molecule has 0 saturated carbocycles. The Balaban J connectivity index is 3.45. The van der Waals surface area contributed by atoms with Crippen molar-refractivity contribution in [3.8, 4) is 6.07 Å². The van der Waals surface area contributed by atoms with Crippen molar-refractivity contribution in [1.29, 1.82) is 5.26 Å². The Bertz CT molecular complexity index is 414. The minimum Gasteiger partial charge on any atom is -0.358 e. The van der Waals surface area contributed by atoms with E-state index >= 15 is 0 Å². The molecule has 0 aliphatic rings. The fraction of sp³-hybridized carbons (Fsp3) is 0.143. The summed E-state index contributed by atoms with van der Waals surface area (Å²) in [6, 6.07) is 2.46. The molecule has 14 heavy (non-hydrogen) atoms. The number of nitriles is 1. The van der Waals surface area contributed by atoms with Crippen LogP contribution in [0.2, 0.25) is 0 Å². The summed E-state index contributed by atoms with van der Waals surface area (Å²) in [7, 11) is 0. The van der Waals surface area contributed by atoms with E-state index in [-0.39, 0.29) is 0 Å². The molecular weight excluding hydrogens is 196 g/mol. The first-order valence-electron chi connectivity index (χ1n) is 3.39. The van der Waals surface area contributed by atoms with Crippen molar-refractivity contribution in [1.82, 2.24) is 4.98 Å². The Morgan fingerprint density at radius 1 is 1.64 bits per heavy atom. The summed E-state index contributed by atoms with van der Waals surface area (Å²) in [5.74, 6) is -0.973. The van der Waals surface area contributed by atoms with Crippen LogP contribution in [0, 0.1) is 21.4 Å². The SMILES string of the molecule is N#Cc1ccnc([N+](=O)[O-])c1C(F)F. The Morgan fingerprint density at radius 2 is 2.29 bits per heavy atom. The van der Waals surface area contributed by atoms with Crippen LogP contribution >= 0.6 is 0 Å². The topological polar surface area (TPSA) is 79.8 Å². The second-order valence-corrected chi connectivity index (χ2v) is 2.27. The predicted octanol–water partition coefficient (Wildman–Crippen LogP) is 1.80. The number of aromatic nitrogens is 1. The molecule has 0 amide bonds. The summed E-state index contributed by atoms with van der Waals surface area (Å²) in [4.78, 5) is 12.4. The van der Waals surface area contributed by atoms with Crippen LogP contribution in [0.4, 0.5) is 14.6 Å². The lowest BCUT2D eigenvalue weighted by molar-refractivity contribution is -0.391. The first-order valence-corrected chi connectivity index (χ1v) is 3.39. The van der Waals surface area contributed by atoms with E-state index in [0.29, 0.717) is 0 Å². The molecule has 0 N–H and O–H groups in total. The zero-order chi connectivity index (χ0) is 10.7. The summed E-state index contributed by atoms with van der Waals surface area (Å²) in [6.07, 6.45) is -2.14. The highest BCUT2D eigenvalue weighted by molar-refractivity contribution is 5.46. The van der Waals surface area contributed by atoms with E-state index in [2.05, 4.69) is 4.98 Å². The Kier molecular flexibility index (Phi) is 2.67. The molecule has 0 bridgehead atoms.